The quantitative estimate of drug-likeness (QED) is 0.499. The van der Waals surface area contributed by atoms with Gasteiger partial charge in [0.15, 0.2) is 5.78 Å². The van der Waals surface area contributed by atoms with Gasteiger partial charge in [0.25, 0.3) is 0 Å². The first-order valence-electron chi connectivity index (χ1n) is 7.14. The summed E-state index contributed by atoms with van der Waals surface area (Å²) in [5, 5.41) is 0. The van der Waals surface area contributed by atoms with Crippen LogP contribution in [0.1, 0.15) is 44.6 Å². The average molecular weight is 276 g/mol. The molecule has 0 aliphatic carbocycles. The van der Waals surface area contributed by atoms with Gasteiger partial charge in [0, 0.05) is 12.0 Å². The third-order valence-electron chi connectivity index (χ3n) is 3.16. The number of benzene rings is 1. The Bertz CT molecular complexity index is 450. The van der Waals surface area contributed by atoms with Crippen LogP contribution in [0.4, 0.5) is 0 Å². The van der Waals surface area contributed by atoms with Crippen LogP contribution in [0.3, 0.4) is 0 Å². The number of carbonyl (C=O) groups excluding carboxylic acids is 1. The van der Waals surface area contributed by atoms with E-state index < -0.39 is 0 Å². The van der Waals surface area contributed by atoms with Crippen molar-refractivity contribution in [1.82, 2.24) is 0 Å². The lowest BCUT2D eigenvalue weighted by Crippen LogP contribution is -1.93. The molecule has 0 atom stereocenters. The molecule has 0 heterocycles. The molecule has 0 aliphatic rings. The Kier molecular flexibility index (Phi) is 7.48. The van der Waals surface area contributed by atoms with E-state index in [1.807, 2.05) is 18.2 Å². The molecule has 0 aliphatic heterocycles. The Balaban J connectivity index is 2.61. The molecule has 0 saturated carbocycles. The normalized spacial score (nSPS) is 10.8. The third kappa shape index (κ3) is 5.47. The van der Waals surface area contributed by atoms with E-state index in [1.54, 1.807) is 26.4 Å². The second kappa shape index (κ2) is 9.18. The van der Waals surface area contributed by atoms with Crippen molar-refractivity contribution in [3.63, 3.8) is 0 Å². The van der Waals surface area contributed by atoms with Crippen molar-refractivity contribution in [2.24, 2.45) is 0 Å². The maximum atomic E-state index is 11.8. The summed E-state index contributed by atoms with van der Waals surface area (Å²) in [5.74, 6) is 1.65. The summed E-state index contributed by atoms with van der Waals surface area (Å²) in [4.78, 5) is 11.8. The van der Waals surface area contributed by atoms with E-state index >= 15 is 0 Å². The number of ether oxygens (including phenoxy) is 2. The monoisotopic (exact) mass is 276 g/mol. The lowest BCUT2D eigenvalue weighted by molar-refractivity contribution is -0.114. The Hall–Kier alpha value is -1.77. The standard InChI is InChI=1S/C17H24O3/c1-4-5-6-7-8-15(18)10-9-14-13-16(19-2)11-12-17(14)20-3/h9-13H,4-8H2,1-3H3. The number of carbonyl (C=O) groups is 1. The number of unbranched alkanes of at least 4 members (excludes halogenated alkanes) is 3. The summed E-state index contributed by atoms with van der Waals surface area (Å²) in [5.41, 5.74) is 0.855. The fourth-order valence-corrected chi connectivity index (χ4v) is 1.96. The number of rotatable bonds is 9. The third-order valence-corrected chi connectivity index (χ3v) is 3.16. The lowest BCUT2D eigenvalue weighted by atomic mass is 10.1. The molecule has 0 unspecified atom stereocenters. The number of hydrogen-bond acceptors (Lipinski definition) is 3. The molecular weight excluding hydrogens is 252 g/mol. The van der Waals surface area contributed by atoms with Gasteiger partial charge in [0.1, 0.15) is 11.5 Å². The van der Waals surface area contributed by atoms with Crippen LogP contribution in [-0.4, -0.2) is 20.0 Å². The van der Waals surface area contributed by atoms with Crippen LogP contribution >= 0.6 is 0 Å². The summed E-state index contributed by atoms with van der Waals surface area (Å²) in [6, 6.07) is 5.53. The highest BCUT2D eigenvalue weighted by molar-refractivity contribution is 5.93. The van der Waals surface area contributed by atoms with E-state index in [9.17, 15) is 4.79 Å². The first-order chi connectivity index (χ1) is 9.71. The van der Waals surface area contributed by atoms with Crippen LogP contribution in [0.5, 0.6) is 11.5 Å². The lowest BCUT2D eigenvalue weighted by Gasteiger charge is -2.07. The van der Waals surface area contributed by atoms with Crippen LogP contribution in [-0.2, 0) is 4.79 Å². The first-order valence-corrected chi connectivity index (χ1v) is 7.14. The minimum atomic E-state index is 0.158. The summed E-state index contributed by atoms with van der Waals surface area (Å²) < 4.78 is 10.5. The van der Waals surface area contributed by atoms with Gasteiger partial charge in [-0.2, -0.15) is 0 Å². The van der Waals surface area contributed by atoms with Crippen molar-refractivity contribution in [3.8, 4) is 11.5 Å². The molecule has 0 amide bonds. The molecular formula is C17H24O3. The Labute approximate surface area is 121 Å². The maximum Gasteiger partial charge on any atom is 0.155 e. The second-order valence-corrected chi connectivity index (χ2v) is 4.72. The van der Waals surface area contributed by atoms with Gasteiger partial charge < -0.3 is 9.47 Å². The first kappa shape index (κ1) is 16.3. The second-order valence-electron chi connectivity index (χ2n) is 4.72. The predicted molar refractivity (Wildman–Crippen MR) is 82.3 cm³/mol. The minimum Gasteiger partial charge on any atom is -0.497 e. The van der Waals surface area contributed by atoms with Gasteiger partial charge in [-0.15, -0.1) is 0 Å². The van der Waals surface area contributed by atoms with Crippen molar-refractivity contribution >= 4 is 11.9 Å². The molecule has 3 nitrogen and oxygen atoms in total. The van der Waals surface area contributed by atoms with Crippen LogP contribution in [0.25, 0.3) is 6.08 Å². The largest absolute Gasteiger partial charge is 0.497 e. The van der Waals surface area contributed by atoms with Gasteiger partial charge >= 0.3 is 0 Å². The fraction of sp³-hybridized carbons (Fsp3) is 0.471. The number of methoxy groups -OCH3 is 2. The van der Waals surface area contributed by atoms with E-state index in [2.05, 4.69) is 6.92 Å². The predicted octanol–water partition coefficient (Wildman–Crippen LogP) is 4.26. The van der Waals surface area contributed by atoms with E-state index in [0.29, 0.717) is 6.42 Å². The molecule has 0 radical (unpaired) electrons. The Morgan fingerprint density at radius 3 is 2.60 bits per heavy atom. The fourth-order valence-electron chi connectivity index (χ4n) is 1.96. The average Bonchev–Trinajstić information content (AvgIpc) is 2.49. The highest BCUT2D eigenvalue weighted by atomic mass is 16.5. The van der Waals surface area contributed by atoms with Crippen molar-refractivity contribution in [3.05, 3.63) is 29.8 Å². The number of allylic oxidation sites excluding steroid dienone is 1. The summed E-state index contributed by atoms with van der Waals surface area (Å²) >= 11 is 0. The topological polar surface area (TPSA) is 35.5 Å². The molecule has 1 rings (SSSR count). The molecule has 0 fully saturated rings. The van der Waals surface area contributed by atoms with Crippen LogP contribution in [0.2, 0.25) is 0 Å². The van der Waals surface area contributed by atoms with Crippen molar-refractivity contribution in [2.75, 3.05) is 14.2 Å². The minimum absolute atomic E-state index is 0.158. The summed E-state index contributed by atoms with van der Waals surface area (Å²) in [7, 11) is 3.24. The van der Waals surface area contributed by atoms with Crippen LogP contribution in [0.15, 0.2) is 24.3 Å². The molecule has 1 aromatic rings. The number of ketones is 1. The Morgan fingerprint density at radius 2 is 1.95 bits per heavy atom. The molecule has 0 spiro atoms. The number of hydrogen-bond donors (Lipinski definition) is 0. The highest BCUT2D eigenvalue weighted by Gasteiger charge is 2.03. The molecule has 110 valence electrons. The van der Waals surface area contributed by atoms with Gasteiger partial charge in [0.05, 0.1) is 14.2 Å². The van der Waals surface area contributed by atoms with E-state index in [1.165, 1.54) is 12.8 Å². The zero-order chi connectivity index (χ0) is 14.8. The van der Waals surface area contributed by atoms with E-state index in [0.717, 1.165) is 29.9 Å². The molecule has 0 bridgehead atoms. The maximum absolute atomic E-state index is 11.8. The van der Waals surface area contributed by atoms with Gasteiger partial charge in [-0.1, -0.05) is 26.2 Å². The summed E-state index contributed by atoms with van der Waals surface area (Å²) in [6.07, 6.45) is 8.51. The van der Waals surface area contributed by atoms with E-state index in [4.69, 9.17) is 9.47 Å². The smallest absolute Gasteiger partial charge is 0.155 e. The molecule has 0 aromatic heterocycles. The zero-order valence-corrected chi connectivity index (χ0v) is 12.6. The molecule has 20 heavy (non-hydrogen) atoms. The van der Waals surface area contributed by atoms with Crippen LogP contribution < -0.4 is 9.47 Å². The molecule has 0 saturated heterocycles. The SMILES string of the molecule is CCCCCCC(=O)C=Cc1cc(OC)ccc1OC. The molecule has 1 aromatic carbocycles. The van der Waals surface area contributed by atoms with Crippen molar-refractivity contribution < 1.29 is 14.3 Å². The van der Waals surface area contributed by atoms with Gasteiger partial charge in [-0.25, -0.2) is 0 Å². The summed E-state index contributed by atoms with van der Waals surface area (Å²) in [6.45, 7) is 2.16. The van der Waals surface area contributed by atoms with Crippen molar-refractivity contribution in [2.45, 2.75) is 39.0 Å². The van der Waals surface area contributed by atoms with Gasteiger partial charge in [-0.3, -0.25) is 4.79 Å². The zero-order valence-electron chi connectivity index (χ0n) is 12.6. The van der Waals surface area contributed by atoms with Gasteiger partial charge in [-0.05, 0) is 36.8 Å². The molecule has 0 N–H and O–H groups in total. The van der Waals surface area contributed by atoms with E-state index in [-0.39, 0.29) is 5.78 Å². The van der Waals surface area contributed by atoms with Crippen molar-refractivity contribution in [1.29, 1.82) is 0 Å². The van der Waals surface area contributed by atoms with Crippen LogP contribution in [0, 0.1) is 0 Å². The highest BCUT2D eigenvalue weighted by Crippen LogP contribution is 2.25. The molecule has 3 heteroatoms. The Morgan fingerprint density at radius 1 is 1.15 bits per heavy atom. The van der Waals surface area contributed by atoms with Gasteiger partial charge in [0.2, 0.25) is 0 Å².